The number of rotatable bonds is 7. The van der Waals surface area contributed by atoms with E-state index in [0.29, 0.717) is 24.5 Å². The van der Waals surface area contributed by atoms with Crippen molar-refractivity contribution in [3.63, 3.8) is 0 Å². The molecule has 0 saturated heterocycles. The Morgan fingerprint density at radius 2 is 1.28 bits per heavy atom. The largest absolute Gasteiger partial charge is 0.492 e. The van der Waals surface area contributed by atoms with E-state index >= 15 is 0 Å². The average molecular weight is 333 g/mol. The first-order valence-corrected chi connectivity index (χ1v) is 8.10. The summed E-state index contributed by atoms with van der Waals surface area (Å²) in [7, 11) is 0. The van der Waals surface area contributed by atoms with E-state index in [1.807, 2.05) is 60.7 Å². The molecule has 0 unspecified atom stereocenters. The van der Waals surface area contributed by atoms with Gasteiger partial charge < -0.3 is 14.8 Å². The Bertz CT molecular complexity index is 786. The van der Waals surface area contributed by atoms with Crippen molar-refractivity contribution in [1.82, 2.24) is 5.32 Å². The van der Waals surface area contributed by atoms with Crippen LogP contribution in [0.3, 0.4) is 0 Å². The lowest BCUT2D eigenvalue weighted by molar-refractivity contribution is 0.0947. The van der Waals surface area contributed by atoms with E-state index in [1.54, 1.807) is 24.3 Å². The van der Waals surface area contributed by atoms with Gasteiger partial charge in [-0.05, 0) is 48.5 Å². The van der Waals surface area contributed by atoms with Gasteiger partial charge in [-0.3, -0.25) is 4.79 Å². The fourth-order valence-electron chi connectivity index (χ4n) is 2.25. The first kappa shape index (κ1) is 16.6. The molecule has 0 aromatic heterocycles. The Balaban J connectivity index is 1.46. The lowest BCUT2D eigenvalue weighted by Crippen LogP contribution is -2.28. The van der Waals surface area contributed by atoms with Crippen molar-refractivity contribution in [1.29, 1.82) is 0 Å². The van der Waals surface area contributed by atoms with Crippen molar-refractivity contribution in [3.05, 3.63) is 90.5 Å². The lowest BCUT2D eigenvalue weighted by Gasteiger charge is -2.09. The summed E-state index contributed by atoms with van der Waals surface area (Å²) in [4.78, 5) is 12.1. The van der Waals surface area contributed by atoms with Crippen molar-refractivity contribution in [2.24, 2.45) is 0 Å². The maximum absolute atomic E-state index is 12.1. The van der Waals surface area contributed by atoms with Gasteiger partial charge in [0.05, 0.1) is 6.54 Å². The van der Waals surface area contributed by atoms with Gasteiger partial charge in [0, 0.05) is 5.56 Å². The van der Waals surface area contributed by atoms with Gasteiger partial charge in [0.2, 0.25) is 0 Å². The molecule has 0 fully saturated rings. The maximum atomic E-state index is 12.1. The number of carbonyl (C=O) groups is 1. The lowest BCUT2D eigenvalue weighted by atomic mass is 10.2. The van der Waals surface area contributed by atoms with Crippen molar-refractivity contribution >= 4 is 5.91 Å². The van der Waals surface area contributed by atoms with Crippen LogP contribution >= 0.6 is 0 Å². The fourth-order valence-corrected chi connectivity index (χ4v) is 2.25. The molecule has 0 atom stereocenters. The molecule has 0 radical (unpaired) electrons. The van der Waals surface area contributed by atoms with E-state index < -0.39 is 0 Å². The topological polar surface area (TPSA) is 47.6 Å². The highest BCUT2D eigenvalue weighted by Gasteiger charge is 2.05. The van der Waals surface area contributed by atoms with Crippen LogP contribution in [0.5, 0.6) is 17.2 Å². The monoisotopic (exact) mass is 333 g/mol. The van der Waals surface area contributed by atoms with E-state index in [9.17, 15) is 4.79 Å². The van der Waals surface area contributed by atoms with Gasteiger partial charge in [-0.25, -0.2) is 0 Å². The number of para-hydroxylation sites is 2. The first-order chi connectivity index (χ1) is 12.3. The normalized spacial score (nSPS) is 10.1. The zero-order chi connectivity index (χ0) is 17.3. The van der Waals surface area contributed by atoms with Crippen molar-refractivity contribution in [3.8, 4) is 17.2 Å². The van der Waals surface area contributed by atoms with Gasteiger partial charge in [0.25, 0.3) is 5.91 Å². The van der Waals surface area contributed by atoms with Crippen molar-refractivity contribution < 1.29 is 14.3 Å². The number of hydrogen-bond donors (Lipinski definition) is 1. The second kappa shape index (κ2) is 8.55. The van der Waals surface area contributed by atoms with E-state index in [1.165, 1.54) is 0 Å². The molecule has 3 rings (SSSR count). The highest BCUT2D eigenvalue weighted by atomic mass is 16.5. The molecule has 1 N–H and O–H groups in total. The molecule has 25 heavy (non-hydrogen) atoms. The third kappa shape index (κ3) is 5.11. The van der Waals surface area contributed by atoms with Gasteiger partial charge in [-0.1, -0.05) is 36.4 Å². The molecule has 126 valence electrons. The third-order valence-electron chi connectivity index (χ3n) is 3.49. The molecular weight excluding hydrogens is 314 g/mol. The molecule has 1 amide bonds. The second-order valence-electron chi connectivity index (χ2n) is 5.36. The first-order valence-electron chi connectivity index (χ1n) is 8.10. The van der Waals surface area contributed by atoms with Crippen LogP contribution in [-0.2, 0) is 0 Å². The smallest absolute Gasteiger partial charge is 0.251 e. The zero-order valence-electron chi connectivity index (χ0n) is 13.7. The fraction of sp³-hybridized carbons (Fsp3) is 0.0952. The number of hydrogen-bond acceptors (Lipinski definition) is 3. The van der Waals surface area contributed by atoms with Gasteiger partial charge in [-0.15, -0.1) is 0 Å². The molecule has 0 aliphatic heterocycles. The van der Waals surface area contributed by atoms with E-state index in [-0.39, 0.29) is 5.91 Å². The minimum Gasteiger partial charge on any atom is -0.492 e. The van der Waals surface area contributed by atoms with Crippen LogP contribution in [-0.4, -0.2) is 19.1 Å². The van der Waals surface area contributed by atoms with E-state index in [2.05, 4.69) is 5.32 Å². The molecule has 4 heteroatoms. The van der Waals surface area contributed by atoms with Crippen LogP contribution < -0.4 is 14.8 Å². The molecule has 0 spiro atoms. The molecule has 0 aliphatic rings. The van der Waals surface area contributed by atoms with Gasteiger partial charge in [0.15, 0.2) is 0 Å². The minimum absolute atomic E-state index is 0.136. The number of amides is 1. The summed E-state index contributed by atoms with van der Waals surface area (Å²) in [6.07, 6.45) is 0. The van der Waals surface area contributed by atoms with Crippen molar-refractivity contribution in [2.75, 3.05) is 13.2 Å². The number of ether oxygens (including phenoxy) is 2. The summed E-state index contributed by atoms with van der Waals surface area (Å²) in [5.74, 6) is 2.11. The summed E-state index contributed by atoms with van der Waals surface area (Å²) in [5.41, 5.74) is 0.583. The van der Waals surface area contributed by atoms with Crippen LogP contribution in [0.25, 0.3) is 0 Å². The maximum Gasteiger partial charge on any atom is 0.251 e. The molecule has 4 nitrogen and oxygen atoms in total. The quantitative estimate of drug-likeness (QED) is 0.656. The van der Waals surface area contributed by atoms with Crippen molar-refractivity contribution in [2.45, 2.75) is 0 Å². The summed E-state index contributed by atoms with van der Waals surface area (Å²) in [6, 6.07) is 26.1. The Hall–Kier alpha value is -3.27. The number of nitrogens with one attached hydrogen (secondary N) is 1. The van der Waals surface area contributed by atoms with Crippen LogP contribution in [0.4, 0.5) is 0 Å². The molecule has 3 aromatic carbocycles. The Labute approximate surface area is 147 Å². The van der Waals surface area contributed by atoms with E-state index in [4.69, 9.17) is 9.47 Å². The van der Waals surface area contributed by atoms with Gasteiger partial charge >= 0.3 is 0 Å². The molecule has 0 heterocycles. The highest BCUT2D eigenvalue weighted by molar-refractivity contribution is 5.94. The Morgan fingerprint density at radius 3 is 1.92 bits per heavy atom. The summed E-state index contributed by atoms with van der Waals surface area (Å²) >= 11 is 0. The summed E-state index contributed by atoms with van der Waals surface area (Å²) in [6.45, 7) is 0.862. The molecule has 0 aliphatic carbocycles. The highest BCUT2D eigenvalue weighted by Crippen LogP contribution is 2.21. The predicted octanol–water partition coefficient (Wildman–Crippen LogP) is 4.29. The van der Waals surface area contributed by atoms with Gasteiger partial charge in [-0.2, -0.15) is 0 Å². The van der Waals surface area contributed by atoms with E-state index in [0.717, 1.165) is 11.5 Å². The third-order valence-corrected chi connectivity index (χ3v) is 3.49. The molecule has 0 bridgehead atoms. The standard InChI is InChI=1S/C21H19NO3/c23-21(22-15-16-24-18-7-3-1-4-8-18)17-11-13-20(14-12-17)25-19-9-5-2-6-10-19/h1-14H,15-16H2,(H,22,23). The number of benzene rings is 3. The Kier molecular flexibility index (Phi) is 5.67. The summed E-state index contributed by atoms with van der Waals surface area (Å²) < 4.78 is 11.3. The van der Waals surface area contributed by atoms with Crippen LogP contribution in [0.15, 0.2) is 84.9 Å². The Morgan fingerprint density at radius 1 is 0.720 bits per heavy atom. The number of carbonyl (C=O) groups excluding carboxylic acids is 1. The second-order valence-corrected chi connectivity index (χ2v) is 5.36. The SMILES string of the molecule is O=C(NCCOc1ccccc1)c1ccc(Oc2ccccc2)cc1. The van der Waals surface area contributed by atoms with Crippen LogP contribution in [0, 0.1) is 0 Å². The molecular formula is C21H19NO3. The molecule has 0 saturated carbocycles. The zero-order valence-corrected chi connectivity index (χ0v) is 13.7. The van der Waals surface area contributed by atoms with Crippen LogP contribution in [0.2, 0.25) is 0 Å². The minimum atomic E-state index is -0.136. The van der Waals surface area contributed by atoms with Crippen LogP contribution in [0.1, 0.15) is 10.4 Å². The summed E-state index contributed by atoms with van der Waals surface area (Å²) in [5, 5.41) is 2.83. The van der Waals surface area contributed by atoms with Gasteiger partial charge in [0.1, 0.15) is 23.9 Å². The molecule has 3 aromatic rings. The average Bonchev–Trinajstić information content (AvgIpc) is 2.67. The predicted molar refractivity (Wildman–Crippen MR) is 97.2 cm³/mol.